The number of hydrogen-bond donors (Lipinski definition) is 4. The molecule has 2 aliphatic heterocycles. The number of aliphatic hydroxyl groups is 2. The second-order valence-corrected chi connectivity index (χ2v) is 10.7. The molecule has 210 valence electrons. The van der Waals surface area contributed by atoms with Crippen molar-refractivity contribution in [2.75, 3.05) is 36.5 Å². The Morgan fingerprint density at radius 1 is 1.10 bits per heavy atom. The number of pyridine rings is 1. The van der Waals surface area contributed by atoms with Crippen LogP contribution < -0.4 is 16.0 Å². The van der Waals surface area contributed by atoms with Crippen LogP contribution in [0.2, 0.25) is 0 Å². The summed E-state index contributed by atoms with van der Waals surface area (Å²) in [4.78, 5) is 10.8. The number of nitrogens with zero attached hydrogens (tertiary/aromatic N) is 5. The molecule has 5 heterocycles. The maximum absolute atomic E-state index is 15.3. The standard InChI is InChI=1S/C28H31F2N7O3/c1-16-14-36(15-21(31)26(16)38)24-4-7-32-13-23(24)34-27-33-12-18-2-3-22(35-37(18)27)25-19(29)10-17(11-20(25)30)28(39)5-8-40-9-6-28/h2-4,7,10-13,16,21,26,38-39H,5-6,8-9,14-15,31H2,1H3,(H,33,34). The summed E-state index contributed by atoms with van der Waals surface area (Å²) in [5, 5.41) is 29.0. The van der Waals surface area contributed by atoms with Crippen molar-refractivity contribution in [3.05, 3.63) is 66.1 Å². The number of benzene rings is 1. The Bertz CT molecular complexity index is 1510. The highest BCUT2D eigenvalue weighted by Crippen LogP contribution is 2.36. The van der Waals surface area contributed by atoms with Crippen LogP contribution in [0.4, 0.5) is 26.1 Å². The normalized spacial score (nSPS) is 22.9. The van der Waals surface area contributed by atoms with Gasteiger partial charge in [0.05, 0.1) is 52.2 Å². The van der Waals surface area contributed by atoms with Crippen molar-refractivity contribution < 1.29 is 23.7 Å². The third kappa shape index (κ3) is 4.77. The molecule has 6 rings (SSSR count). The fourth-order valence-electron chi connectivity index (χ4n) is 5.58. The number of piperidine rings is 1. The third-order valence-corrected chi connectivity index (χ3v) is 7.89. The van der Waals surface area contributed by atoms with Crippen LogP contribution in [0.3, 0.4) is 0 Å². The molecule has 40 heavy (non-hydrogen) atoms. The number of nitrogens with one attached hydrogen (secondary N) is 1. The van der Waals surface area contributed by atoms with Crippen molar-refractivity contribution >= 4 is 22.8 Å². The summed E-state index contributed by atoms with van der Waals surface area (Å²) < 4.78 is 37.4. The first-order chi connectivity index (χ1) is 19.2. The van der Waals surface area contributed by atoms with Crippen molar-refractivity contribution in [1.82, 2.24) is 19.6 Å². The minimum Gasteiger partial charge on any atom is -0.391 e. The first kappa shape index (κ1) is 26.5. The van der Waals surface area contributed by atoms with E-state index in [9.17, 15) is 10.2 Å². The predicted molar refractivity (Wildman–Crippen MR) is 145 cm³/mol. The topological polar surface area (TPSA) is 134 Å². The molecular formula is C28H31F2N7O3. The van der Waals surface area contributed by atoms with Gasteiger partial charge in [-0.25, -0.2) is 13.8 Å². The van der Waals surface area contributed by atoms with Crippen LogP contribution in [0.25, 0.3) is 16.8 Å². The summed E-state index contributed by atoms with van der Waals surface area (Å²) >= 11 is 0. The molecule has 2 fully saturated rings. The number of aliphatic hydroxyl groups excluding tert-OH is 1. The van der Waals surface area contributed by atoms with Gasteiger partial charge in [-0.1, -0.05) is 6.92 Å². The number of halogens is 2. The number of imidazole rings is 1. The van der Waals surface area contributed by atoms with Gasteiger partial charge in [0.2, 0.25) is 5.95 Å². The summed E-state index contributed by atoms with van der Waals surface area (Å²) in [6, 6.07) is 7.01. The molecule has 0 aliphatic carbocycles. The third-order valence-electron chi connectivity index (χ3n) is 7.89. The second-order valence-electron chi connectivity index (χ2n) is 10.7. The number of nitrogens with two attached hydrogens (primary N) is 1. The highest BCUT2D eigenvalue weighted by molar-refractivity contribution is 5.74. The van der Waals surface area contributed by atoms with E-state index in [2.05, 4.69) is 25.3 Å². The van der Waals surface area contributed by atoms with Crippen LogP contribution in [0.1, 0.15) is 25.3 Å². The Balaban J connectivity index is 1.33. The molecule has 12 heteroatoms. The Hall–Kier alpha value is -3.71. The highest BCUT2D eigenvalue weighted by atomic mass is 19.1. The van der Waals surface area contributed by atoms with Crippen LogP contribution in [0, 0.1) is 17.6 Å². The lowest BCUT2D eigenvalue weighted by Crippen LogP contribution is -2.55. The molecular weight excluding hydrogens is 520 g/mol. The van der Waals surface area contributed by atoms with Gasteiger partial charge in [0.1, 0.15) is 11.6 Å². The zero-order chi connectivity index (χ0) is 28.0. The minimum atomic E-state index is -1.34. The van der Waals surface area contributed by atoms with Gasteiger partial charge < -0.3 is 30.9 Å². The first-order valence-corrected chi connectivity index (χ1v) is 13.3. The van der Waals surface area contributed by atoms with Gasteiger partial charge in [-0.15, -0.1) is 0 Å². The van der Waals surface area contributed by atoms with E-state index >= 15 is 8.78 Å². The maximum Gasteiger partial charge on any atom is 0.229 e. The molecule has 1 aromatic carbocycles. The molecule has 3 unspecified atom stereocenters. The van der Waals surface area contributed by atoms with Crippen LogP contribution >= 0.6 is 0 Å². The van der Waals surface area contributed by atoms with Gasteiger partial charge in [0, 0.05) is 57.3 Å². The van der Waals surface area contributed by atoms with E-state index in [-0.39, 0.29) is 35.6 Å². The summed E-state index contributed by atoms with van der Waals surface area (Å²) in [5.74, 6) is -1.33. The average Bonchev–Trinajstić information content (AvgIpc) is 3.33. The lowest BCUT2D eigenvalue weighted by Gasteiger charge is -2.40. The second kappa shape index (κ2) is 10.4. The number of fused-ring (bicyclic) bond motifs is 1. The first-order valence-electron chi connectivity index (χ1n) is 13.3. The number of rotatable bonds is 5. The molecule has 5 N–H and O–H groups in total. The number of aromatic nitrogens is 4. The Labute approximate surface area is 229 Å². The predicted octanol–water partition coefficient (Wildman–Crippen LogP) is 2.96. The van der Waals surface area contributed by atoms with E-state index < -0.39 is 29.4 Å². The van der Waals surface area contributed by atoms with Crippen molar-refractivity contribution in [1.29, 1.82) is 0 Å². The van der Waals surface area contributed by atoms with Crippen LogP contribution in [-0.4, -0.2) is 68.2 Å². The number of anilines is 3. The summed E-state index contributed by atoms with van der Waals surface area (Å²) in [5.41, 5.74) is 6.89. The van der Waals surface area contributed by atoms with E-state index in [1.807, 2.05) is 13.0 Å². The van der Waals surface area contributed by atoms with E-state index in [0.717, 1.165) is 5.69 Å². The fraction of sp³-hybridized carbons (Fsp3) is 0.393. The lowest BCUT2D eigenvalue weighted by atomic mass is 9.85. The smallest absolute Gasteiger partial charge is 0.229 e. The van der Waals surface area contributed by atoms with E-state index in [0.29, 0.717) is 43.5 Å². The molecule has 0 radical (unpaired) electrons. The highest BCUT2D eigenvalue weighted by Gasteiger charge is 2.34. The number of hydrogen-bond acceptors (Lipinski definition) is 9. The van der Waals surface area contributed by atoms with E-state index in [1.165, 1.54) is 22.7 Å². The lowest BCUT2D eigenvalue weighted by molar-refractivity contribution is -0.0682. The van der Waals surface area contributed by atoms with Crippen molar-refractivity contribution in [2.24, 2.45) is 11.7 Å². The van der Waals surface area contributed by atoms with Gasteiger partial charge in [-0.3, -0.25) is 4.98 Å². The van der Waals surface area contributed by atoms with Crippen molar-refractivity contribution in [3.8, 4) is 11.3 Å². The monoisotopic (exact) mass is 551 g/mol. The number of ether oxygens (including phenoxy) is 1. The van der Waals surface area contributed by atoms with Crippen LogP contribution in [-0.2, 0) is 10.3 Å². The zero-order valence-electron chi connectivity index (χ0n) is 22.0. The summed E-state index contributed by atoms with van der Waals surface area (Å²) in [6.07, 6.45) is 4.87. The van der Waals surface area contributed by atoms with Gasteiger partial charge in [-0.05, 0) is 35.9 Å². The molecule has 4 aromatic rings. The fourth-order valence-corrected chi connectivity index (χ4v) is 5.58. The minimum absolute atomic E-state index is 0.0235. The van der Waals surface area contributed by atoms with Gasteiger partial charge in [0.15, 0.2) is 0 Å². The largest absolute Gasteiger partial charge is 0.391 e. The van der Waals surface area contributed by atoms with Crippen LogP contribution in [0.5, 0.6) is 0 Å². The molecule has 2 saturated heterocycles. The van der Waals surface area contributed by atoms with Crippen molar-refractivity contribution in [3.63, 3.8) is 0 Å². The molecule has 0 amide bonds. The molecule has 10 nitrogen and oxygen atoms in total. The van der Waals surface area contributed by atoms with Gasteiger partial charge >= 0.3 is 0 Å². The average molecular weight is 552 g/mol. The summed E-state index contributed by atoms with van der Waals surface area (Å²) in [7, 11) is 0. The van der Waals surface area contributed by atoms with Gasteiger partial charge in [0.25, 0.3) is 0 Å². The Morgan fingerprint density at radius 2 is 1.85 bits per heavy atom. The summed E-state index contributed by atoms with van der Waals surface area (Å²) in [6.45, 7) is 3.66. The van der Waals surface area contributed by atoms with E-state index in [4.69, 9.17) is 10.5 Å². The van der Waals surface area contributed by atoms with Crippen LogP contribution in [0.15, 0.2) is 48.9 Å². The zero-order valence-corrected chi connectivity index (χ0v) is 22.0. The molecule has 2 aliphatic rings. The molecule has 0 saturated carbocycles. The Kier molecular flexibility index (Phi) is 6.87. The Morgan fingerprint density at radius 3 is 2.58 bits per heavy atom. The SMILES string of the molecule is CC1CN(c2ccncc2Nc2ncc3ccc(-c4c(F)cc(C5(O)CCOCC5)cc4F)nn23)CC(N)C1O. The molecule has 0 spiro atoms. The van der Waals surface area contributed by atoms with E-state index in [1.54, 1.807) is 24.7 Å². The quantitative estimate of drug-likeness (QED) is 0.295. The maximum atomic E-state index is 15.3. The molecule has 0 bridgehead atoms. The van der Waals surface area contributed by atoms with Crippen molar-refractivity contribution in [2.45, 2.75) is 37.5 Å². The molecule has 3 atom stereocenters. The van der Waals surface area contributed by atoms with Gasteiger partial charge in [-0.2, -0.15) is 9.61 Å². The molecule has 3 aromatic heterocycles.